The molecule has 0 N–H and O–H groups in total. The van der Waals surface area contributed by atoms with Crippen molar-refractivity contribution in [3.63, 3.8) is 0 Å². The van der Waals surface area contributed by atoms with Crippen LogP contribution in [0.2, 0.25) is 0 Å². The number of rotatable bonds is 8. The van der Waals surface area contributed by atoms with Gasteiger partial charge in [0, 0.05) is 0 Å². The van der Waals surface area contributed by atoms with Crippen LogP contribution in [-0.4, -0.2) is 15.0 Å². The molecule has 0 fully saturated rings. The van der Waals surface area contributed by atoms with Crippen LogP contribution in [0.25, 0.3) is 11.1 Å². The average Bonchev–Trinajstić information content (AvgIpc) is 2.69. The van der Waals surface area contributed by atoms with E-state index in [9.17, 15) is 8.42 Å². The molecule has 29 heavy (non-hydrogen) atoms. The van der Waals surface area contributed by atoms with Gasteiger partial charge in [0.05, 0.1) is 11.5 Å². The summed E-state index contributed by atoms with van der Waals surface area (Å²) >= 11 is 0. The van der Waals surface area contributed by atoms with Crippen LogP contribution in [0, 0.1) is 12.8 Å². The van der Waals surface area contributed by atoms with E-state index in [2.05, 4.69) is 50.2 Å². The zero-order valence-electron chi connectivity index (χ0n) is 17.3. The van der Waals surface area contributed by atoms with Gasteiger partial charge in [0.2, 0.25) is 0 Å². The van der Waals surface area contributed by atoms with Crippen LogP contribution < -0.4 is 0 Å². The fourth-order valence-corrected chi connectivity index (χ4v) is 4.12. The summed E-state index contributed by atoms with van der Waals surface area (Å²) in [7, 11) is -3.71. The first kappa shape index (κ1) is 21.3. The van der Waals surface area contributed by atoms with Crippen molar-refractivity contribution in [3.8, 4) is 11.1 Å². The Morgan fingerprint density at radius 2 is 1.28 bits per heavy atom. The second-order valence-corrected chi connectivity index (χ2v) is 9.45. The van der Waals surface area contributed by atoms with Crippen LogP contribution in [0.15, 0.2) is 77.7 Å². The molecular formula is C25H28O3S. The molecule has 0 amide bonds. The van der Waals surface area contributed by atoms with Gasteiger partial charge in [-0.05, 0) is 60.1 Å². The Balaban J connectivity index is 1.57. The minimum absolute atomic E-state index is 0.124. The zero-order chi connectivity index (χ0) is 20.9. The molecule has 0 aliphatic rings. The van der Waals surface area contributed by atoms with Gasteiger partial charge in [0.15, 0.2) is 0 Å². The van der Waals surface area contributed by atoms with Crippen molar-refractivity contribution >= 4 is 10.1 Å². The lowest BCUT2D eigenvalue weighted by molar-refractivity contribution is 0.322. The Morgan fingerprint density at radius 3 is 1.79 bits per heavy atom. The largest absolute Gasteiger partial charge is 0.296 e. The van der Waals surface area contributed by atoms with E-state index < -0.39 is 10.1 Å². The van der Waals surface area contributed by atoms with Crippen molar-refractivity contribution < 1.29 is 12.6 Å². The molecular weight excluding hydrogens is 380 g/mol. The molecule has 0 heterocycles. The van der Waals surface area contributed by atoms with E-state index in [4.69, 9.17) is 4.18 Å². The molecule has 0 aromatic heterocycles. The summed E-state index contributed by atoms with van der Waals surface area (Å²) in [5.74, 6) is 0.650. The molecule has 0 aliphatic heterocycles. The third-order valence-electron chi connectivity index (χ3n) is 4.82. The summed E-state index contributed by atoms with van der Waals surface area (Å²) in [6, 6.07) is 23.6. The fourth-order valence-electron chi connectivity index (χ4n) is 3.21. The zero-order valence-corrected chi connectivity index (χ0v) is 18.1. The number of aryl methyl sites for hydroxylation is 1. The topological polar surface area (TPSA) is 43.4 Å². The van der Waals surface area contributed by atoms with Gasteiger partial charge in [-0.3, -0.25) is 4.18 Å². The van der Waals surface area contributed by atoms with Crippen molar-refractivity contribution in [3.05, 3.63) is 89.5 Å². The maximum Gasteiger partial charge on any atom is 0.296 e. The number of benzene rings is 3. The van der Waals surface area contributed by atoms with Crippen molar-refractivity contribution in [2.75, 3.05) is 6.61 Å². The van der Waals surface area contributed by atoms with Crippen molar-refractivity contribution in [1.29, 1.82) is 0 Å². The Labute approximate surface area is 174 Å². The summed E-state index contributed by atoms with van der Waals surface area (Å²) in [6.07, 6.45) is 1.63. The lowest BCUT2D eigenvalue weighted by atomic mass is 9.98. The molecule has 0 spiro atoms. The predicted molar refractivity (Wildman–Crippen MR) is 118 cm³/mol. The molecule has 3 nitrogen and oxygen atoms in total. The van der Waals surface area contributed by atoms with Gasteiger partial charge in [0.1, 0.15) is 0 Å². The van der Waals surface area contributed by atoms with Crippen LogP contribution in [0.4, 0.5) is 0 Å². The van der Waals surface area contributed by atoms with E-state index >= 15 is 0 Å². The summed E-state index contributed by atoms with van der Waals surface area (Å²) in [5, 5.41) is 0. The van der Waals surface area contributed by atoms with Gasteiger partial charge in [0.25, 0.3) is 10.1 Å². The van der Waals surface area contributed by atoms with E-state index in [-0.39, 0.29) is 11.5 Å². The first-order valence-electron chi connectivity index (χ1n) is 9.98. The van der Waals surface area contributed by atoms with Gasteiger partial charge in [-0.15, -0.1) is 0 Å². The first-order chi connectivity index (χ1) is 13.8. The minimum atomic E-state index is -3.71. The molecule has 3 aromatic rings. The smallest absolute Gasteiger partial charge is 0.266 e. The molecule has 0 unspecified atom stereocenters. The Hall–Kier alpha value is -2.43. The monoisotopic (exact) mass is 408 g/mol. The average molecular weight is 409 g/mol. The highest BCUT2D eigenvalue weighted by molar-refractivity contribution is 7.86. The van der Waals surface area contributed by atoms with Gasteiger partial charge in [-0.1, -0.05) is 80.1 Å². The third-order valence-corrected chi connectivity index (χ3v) is 6.15. The molecule has 0 saturated heterocycles. The molecule has 3 rings (SSSR count). The Bertz CT molecular complexity index is 1020. The van der Waals surface area contributed by atoms with E-state index in [1.165, 1.54) is 11.1 Å². The minimum Gasteiger partial charge on any atom is -0.266 e. The summed E-state index contributed by atoms with van der Waals surface area (Å²) in [6.45, 7) is 6.49. The molecule has 3 aromatic carbocycles. The van der Waals surface area contributed by atoms with Gasteiger partial charge < -0.3 is 0 Å². The maximum atomic E-state index is 12.2. The van der Waals surface area contributed by atoms with Crippen molar-refractivity contribution in [2.45, 2.75) is 38.5 Å². The lowest BCUT2D eigenvalue weighted by Gasteiger charge is -2.08. The molecule has 0 bridgehead atoms. The van der Waals surface area contributed by atoms with Crippen molar-refractivity contribution in [2.24, 2.45) is 5.92 Å². The van der Waals surface area contributed by atoms with Gasteiger partial charge >= 0.3 is 0 Å². The molecule has 4 heteroatoms. The summed E-state index contributed by atoms with van der Waals surface area (Å²) in [5.41, 5.74) is 5.75. The predicted octanol–water partition coefficient (Wildman–Crippen LogP) is 5.81. The third kappa shape index (κ3) is 6.02. The molecule has 0 saturated carbocycles. The maximum absolute atomic E-state index is 12.2. The van der Waals surface area contributed by atoms with E-state index in [1.807, 2.05) is 19.1 Å². The molecule has 152 valence electrons. The Morgan fingerprint density at radius 1 is 0.759 bits per heavy atom. The van der Waals surface area contributed by atoms with Crippen molar-refractivity contribution in [1.82, 2.24) is 0 Å². The number of hydrogen-bond acceptors (Lipinski definition) is 3. The lowest BCUT2D eigenvalue weighted by Crippen LogP contribution is -2.09. The van der Waals surface area contributed by atoms with Crippen LogP contribution in [0.5, 0.6) is 0 Å². The highest BCUT2D eigenvalue weighted by Gasteiger charge is 2.14. The molecule has 0 radical (unpaired) electrons. The van der Waals surface area contributed by atoms with Crippen LogP contribution in [0.3, 0.4) is 0 Å². The quantitative estimate of drug-likeness (QED) is 0.442. The van der Waals surface area contributed by atoms with Gasteiger partial charge in [-0.25, -0.2) is 0 Å². The summed E-state index contributed by atoms with van der Waals surface area (Å²) in [4.78, 5) is 0.194. The second-order valence-electron chi connectivity index (χ2n) is 7.83. The highest BCUT2D eigenvalue weighted by atomic mass is 32.2. The van der Waals surface area contributed by atoms with Crippen LogP contribution in [-0.2, 0) is 27.1 Å². The summed E-state index contributed by atoms with van der Waals surface area (Å²) < 4.78 is 29.7. The SMILES string of the molecule is Cc1ccc(S(=O)(=O)OCCc2ccc(-c3ccc(CC(C)C)cc3)cc2)cc1. The van der Waals surface area contributed by atoms with Crippen LogP contribution in [0.1, 0.15) is 30.5 Å². The van der Waals surface area contributed by atoms with E-state index in [0.717, 1.165) is 23.1 Å². The fraction of sp³-hybridized carbons (Fsp3) is 0.280. The standard InChI is InChI=1S/C25H28O3S/c1-19(2)18-22-8-12-24(13-9-22)23-10-6-21(7-11-23)16-17-28-29(26,27)25-14-4-20(3)5-15-25/h4-15,19H,16-18H2,1-3H3. The van der Waals surface area contributed by atoms with E-state index in [0.29, 0.717) is 12.3 Å². The first-order valence-corrected chi connectivity index (χ1v) is 11.4. The Kier molecular flexibility index (Phi) is 6.88. The second kappa shape index (κ2) is 9.38. The molecule has 0 atom stereocenters. The molecule has 0 aliphatic carbocycles. The highest BCUT2D eigenvalue weighted by Crippen LogP contribution is 2.22. The number of hydrogen-bond donors (Lipinski definition) is 0. The van der Waals surface area contributed by atoms with Gasteiger partial charge in [-0.2, -0.15) is 8.42 Å². The van der Waals surface area contributed by atoms with E-state index in [1.54, 1.807) is 24.3 Å². The van der Waals surface area contributed by atoms with Crippen LogP contribution >= 0.6 is 0 Å². The normalized spacial score (nSPS) is 11.7.